The van der Waals surface area contributed by atoms with Crippen LogP contribution in [0.5, 0.6) is 0 Å². The Balaban J connectivity index is 1.27. The Hall–Kier alpha value is -4.59. The average Bonchev–Trinajstić information content (AvgIpc) is 2.92. The SMILES string of the molecule is CC(NC(=O)c1ccc(-c2ccc3cccnc3n2)cc1)c1ccc(-c2ccc(F)c(C(F)(F)F)c2)cc1. The molecule has 0 saturated carbocycles. The van der Waals surface area contributed by atoms with Crippen molar-refractivity contribution in [3.05, 3.63) is 120 Å². The first kappa shape index (κ1) is 25.1. The number of fused-ring (bicyclic) bond motifs is 1. The molecular weight excluding hydrogens is 494 g/mol. The van der Waals surface area contributed by atoms with Gasteiger partial charge in [0.05, 0.1) is 17.3 Å². The van der Waals surface area contributed by atoms with Crippen molar-refractivity contribution in [2.75, 3.05) is 0 Å². The van der Waals surface area contributed by atoms with Gasteiger partial charge in [-0.15, -0.1) is 0 Å². The molecule has 4 nitrogen and oxygen atoms in total. The smallest absolute Gasteiger partial charge is 0.346 e. The summed E-state index contributed by atoms with van der Waals surface area (Å²) in [5.74, 6) is -1.58. The van der Waals surface area contributed by atoms with Gasteiger partial charge < -0.3 is 5.32 Å². The molecular formula is C30H21F4N3O. The summed E-state index contributed by atoms with van der Waals surface area (Å²) in [7, 11) is 0. The number of benzene rings is 3. The molecule has 2 aromatic heterocycles. The molecule has 0 saturated heterocycles. The third-order valence-electron chi connectivity index (χ3n) is 6.27. The fourth-order valence-corrected chi connectivity index (χ4v) is 4.16. The van der Waals surface area contributed by atoms with Crippen LogP contribution in [0.2, 0.25) is 0 Å². The number of amides is 1. The Morgan fingerprint density at radius 3 is 2.24 bits per heavy atom. The third-order valence-corrected chi connectivity index (χ3v) is 6.27. The predicted octanol–water partition coefficient (Wildman–Crippen LogP) is 7.61. The molecule has 1 N–H and O–H groups in total. The lowest BCUT2D eigenvalue weighted by Gasteiger charge is -2.16. The molecule has 0 radical (unpaired) electrons. The molecule has 38 heavy (non-hydrogen) atoms. The van der Waals surface area contributed by atoms with Gasteiger partial charge in [0.1, 0.15) is 5.82 Å². The Morgan fingerprint density at radius 1 is 0.842 bits per heavy atom. The predicted molar refractivity (Wildman–Crippen MR) is 138 cm³/mol. The Kier molecular flexibility index (Phi) is 6.63. The highest BCUT2D eigenvalue weighted by Gasteiger charge is 2.34. The number of alkyl halides is 3. The number of carbonyl (C=O) groups excluding carboxylic acids is 1. The van der Waals surface area contributed by atoms with Crippen LogP contribution in [0.3, 0.4) is 0 Å². The Bertz CT molecular complexity index is 1610. The molecule has 0 aliphatic rings. The second kappa shape index (κ2) is 10.0. The molecule has 1 atom stereocenters. The maximum absolute atomic E-state index is 13.6. The van der Waals surface area contributed by atoms with Crippen LogP contribution >= 0.6 is 0 Å². The topological polar surface area (TPSA) is 54.9 Å². The van der Waals surface area contributed by atoms with Gasteiger partial charge in [-0.2, -0.15) is 13.2 Å². The number of nitrogens with zero attached hydrogens (tertiary/aromatic N) is 2. The number of aromatic nitrogens is 2. The molecule has 0 aliphatic heterocycles. The van der Waals surface area contributed by atoms with E-state index in [2.05, 4.69) is 15.3 Å². The lowest BCUT2D eigenvalue weighted by molar-refractivity contribution is -0.139. The van der Waals surface area contributed by atoms with E-state index in [4.69, 9.17) is 0 Å². The standard InChI is InChI=1S/C30H21F4N3O/c1-18(19-4-6-20(7-5-19)24-12-14-26(31)25(17-24)30(32,33)34)36-29(38)23-10-8-21(9-11-23)27-15-13-22-3-2-16-35-28(22)37-27/h2-18H,1H3,(H,36,38). The van der Waals surface area contributed by atoms with Crippen molar-refractivity contribution < 1.29 is 22.4 Å². The van der Waals surface area contributed by atoms with Gasteiger partial charge in [0, 0.05) is 22.7 Å². The van der Waals surface area contributed by atoms with E-state index < -0.39 is 17.6 Å². The highest BCUT2D eigenvalue weighted by atomic mass is 19.4. The first-order chi connectivity index (χ1) is 18.2. The number of hydrogen-bond acceptors (Lipinski definition) is 3. The van der Waals surface area contributed by atoms with E-state index in [9.17, 15) is 22.4 Å². The van der Waals surface area contributed by atoms with E-state index in [1.165, 1.54) is 6.07 Å². The lowest BCUT2D eigenvalue weighted by atomic mass is 9.99. The van der Waals surface area contributed by atoms with Crippen molar-refractivity contribution >= 4 is 16.9 Å². The highest BCUT2D eigenvalue weighted by molar-refractivity contribution is 5.95. The summed E-state index contributed by atoms with van der Waals surface area (Å²) in [5.41, 5.74) is 2.94. The summed E-state index contributed by atoms with van der Waals surface area (Å²) in [6.45, 7) is 1.81. The maximum atomic E-state index is 13.6. The molecule has 190 valence electrons. The summed E-state index contributed by atoms with van der Waals surface area (Å²) in [6.07, 6.45) is -3.09. The summed E-state index contributed by atoms with van der Waals surface area (Å²) in [4.78, 5) is 21.7. The quantitative estimate of drug-likeness (QED) is 0.245. The number of pyridine rings is 2. The normalized spacial score (nSPS) is 12.3. The molecule has 3 aromatic carbocycles. The van der Waals surface area contributed by atoms with Crippen molar-refractivity contribution in [3.63, 3.8) is 0 Å². The number of nitrogens with one attached hydrogen (secondary N) is 1. The van der Waals surface area contributed by atoms with Gasteiger partial charge >= 0.3 is 6.18 Å². The van der Waals surface area contributed by atoms with Crippen molar-refractivity contribution in [2.24, 2.45) is 0 Å². The second-order valence-corrected chi connectivity index (χ2v) is 8.83. The Labute approximate surface area is 216 Å². The molecule has 0 bridgehead atoms. The van der Waals surface area contributed by atoms with Crippen LogP contribution < -0.4 is 5.32 Å². The minimum Gasteiger partial charge on any atom is -0.346 e. The molecule has 1 amide bonds. The zero-order chi connectivity index (χ0) is 26.9. The second-order valence-electron chi connectivity index (χ2n) is 8.83. The number of hydrogen-bond donors (Lipinski definition) is 1. The fourth-order valence-electron chi connectivity index (χ4n) is 4.16. The number of halogens is 4. The van der Waals surface area contributed by atoms with Crippen molar-refractivity contribution in [1.82, 2.24) is 15.3 Å². The molecule has 1 unspecified atom stereocenters. The van der Waals surface area contributed by atoms with Gasteiger partial charge in [0.15, 0.2) is 5.65 Å². The van der Waals surface area contributed by atoms with Crippen LogP contribution in [0.1, 0.15) is 34.5 Å². The first-order valence-electron chi connectivity index (χ1n) is 11.8. The van der Waals surface area contributed by atoms with Crippen LogP contribution in [0.4, 0.5) is 17.6 Å². The minimum atomic E-state index is -4.78. The van der Waals surface area contributed by atoms with Crippen LogP contribution in [0.15, 0.2) is 97.2 Å². The summed E-state index contributed by atoms with van der Waals surface area (Å²) >= 11 is 0. The maximum Gasteiger partial charge on any atom is 0.419 e. The van der Waals surface area contributed by atoms with Crippen LogP contribution in [-0.2, 0) is 6.18 Å². The van der Waals surface area contributed by atoms with E-state index in [0.29, 0.717) is 16.8 Å². The zero-order valence-corrected chi connectivity index (χ0v) is 20.1. The highest BCUT2D eigenvalue weighted by Crippen LogP contribution is 2.34. The van der Waals surface area contributed by atoms with E-state index in [1.54, 1.807) is 42.6 Å². The number of carbonyl (C=O) groups is 1. The van der Waals surface area contributed by atoms with Crippen molar-refractivity contribution in [1.29, 1.82) is 0 Å². The van der Waals surface area contributed by atoms with Gasteiger partial charge in [-0.05, 0) is 72.1 Å². The molecule has 0 fully saturated rings. The van der Waals surface area contributed by atoms with Gasteiger partial charge in [-0.3, -0.25) is 4.79 Å². The molecule has 0 aliphatic carbocycles. The molecule has 5 aromatic rings. The summed E-state index contributed by atoms with van der Waals surface area (Å²) in [5, 5.41) is 3.87. The summed E-state index contributed by atoms with van der Waals surface area (Å²) in [6, 6.07) is 24.0. The first-order valence-corrected chi connectivity index (χ1v) is 11.8. The van der Waals surface area contributed by atoms with E-state index in [0.717, 1.165) is 34.3 Å². The minimum absolute atomic E-state index is 0.249. The number of rotatable bonds is 5. The van der Waals surface area contributed by atoms with Crippen LogP contribution in [0, 0.1) is 5.82 Å². The molecule has 2 heterocycles. The van der Waals surface area contributed by atoms with Crippen molar-refractivity contribution in [3.8, 4) is 22.4 Å². The van der Waals surface area contributed by atoms with Gasteiger partial charge in [-0.25, -0.2) is 14.4 Å². The lowest BCUT2D eigenvalue weighted by Crippen LogP contribution is -2.26. The van der Waals surface area contributed by atoms with Crippen molar-refractivity contribution in [2.45, 2.75) is 19.1 Å². The monoisotopic (exact) mass is 515 g/mol. The van der Waals surface area contributed by atoms with E-state index in [1.807, 2.05) is 43.3 Å². The fraction of sp³-hybridized carbons (Fsp3) is 0.100. The Morgan fingerprint density at radius 2 is 1.53 bits per heavy atom. The van der Waals surface area contributed by atoms with Gasteiger partial charge in [-0.1, -0.05) is 42.5 Å². The van der Waals surface area contributed by atoms with Gasteiger partial charge in [0.2, 0.25) is 0 Å². The largest absolute Gasteiger partial charge is 0.419 e. The van der Waals surface area contributed by atoms with Crippen LogP contribution in [-0.4, -0.2) is 15.9 Å². The van der Waals surface area contributed by atoms with E-state index >= 15 is 0 Å². The molecule has 8 heteroatoms. The third kappa shape index (κ3) is 5.25. The molecule has 5 rings (SSSR count). The van der Waals surface area contributed by atoms with Crippen LogP contribution in [0.25, 0.3) is 33.4 Å². The van der Waals surface area contributed by atoms with Gasteiger partial charge in [0.25, 0.3) is 5.91 Å². The molecule has 0 spiro atoms. The zero-order valence-electron chi connectivity index (χ0n) is 20.1. The summed E-state index contributed by atoms with van der Waals surface area (Å²) < 4.78 is 52.8. The van der Waals surface area contributed by atoms with E-state index in [-0.39, 0.29) is 17.5 Å². The average molecular weight is 516 g/mol.